The van der Waals surface area contributed by atoms with E-state index in [0.29, 0.717) is 5.56 Å². The standard InChI is InChI=1S/C17H13N3O/c1-10-15(17(21)20-19-10)16-11-6-2-4-8-13(11)18-14-9-5-3-7-12(14)16/h2-9H,1H3,(H2,19,20,21). The summed E-state index contributed by atoms with van der Waals surface area (Å²) < 4.78 is 0. The maximum atomic E-state index is 12.2. The van der Waals surface area contributed by atoms with Crippen LogP contribution in [0.15, 0.2) is 53.3 Å². The van der Waals surface area contributed by atoms with Crippen LogP contribution in [-0.4, -0.2) is 15.2 Å². The van der Waals surface area contributed by atoms with Crippen LogP contribution >= 0.6 is 0 Å². The first-order valence-corrected chi connectivity index (χ1v) is 6.81. The second kappa shape index (κ2) is 4.31. The maximum absolute atomic E-state index is 12.2. The molecule has 0 saturated carbocycles. The molecule has 0 aliphatic rings. The molecule has 2 N–H and O–H groups in total. The first kappa shape index (κ1) is 11.9. The summed E-state index contributed by atoms with van der Waals surface area (Å²) in [7, 11) is 0. The van der Waals surface area contributed by atoms with E-state index < -0.39 is 0 Å². The van der Waals surface area contributed by atoms with Crippen LogP contribution in [0.3, 0.4) is 0 Å². The monoisotopic (exact) mass is 275 g/mol. The topological polar surface area (TPSA) is 61.5 Å². The normalized spacial score (nSPS) is 11.3. The Morgan fingerprint density at radius 3 is 1.90 bits per heavy atom. The fourth-order valence-corrected chi connectivity index (χ4v) is 2.86. The molecule has 0 saturated heterocycles. The minimum absolute atomic E-state index is 0.103. The van der Waals surface area contributed by atoms with Gasteiger partial charge < -0.3 is 5.10 Å². The van der Waals surface area contributed by atoms with Crippen molar-refractivity contribution in [2.45, 2.75) is 6.92 Å². The fraction of sp³-hybridized carbons (Fsp3) is 0.0588. The molecule has 0 unspecified atom stereocenters. The third-order valence-corrected chi connectivity index (χ3v) is 3.80. The zero-order chi connectivity index (χ0) is 14.4. The Kier molecular flexibility index (Phi) is 2.44. The van der Waals surface area contributed by atoms with Gasteiger partial charge in [-0.2, -0.15) is 0 Å². The summed E-state index contributed by atoms with van der Waals surface area (Å²) in [5, 5.41) is 7.55. The SMILES string of the molecule is Cc1[nH][nH]c(=O)c1-c1c2ccccc2nc2ccccc12. The molecule has 0 radical (unpaired) electrons. The van der Waals surface area contributed by atoms with Gasteiger partial charge in [0.2, 0.25) is 0 Å². The van der Waals surface area contributed by atoms with Gasteiger partial charge in [0.25, 0.3) is 5.56 Å². The number of aromatic nitrogens is 3. The van der Waals surface area contributed by atoms with E-state index in [1.807, 2.05) is 55.5 Å². The summed E-state index contributed by atoms with van der Waals surface area (Å²) in [6.07, 6.45) is 0. The molecular formula is C17H13N3O. The number of H-pyrrole nitrogens is 2. The van der Waals surface area contributed by atoms with Crippen molar-refractivity contribution in [2.75, 3.05) is 0 Å². The van der Waals surface area contributed by atoms with Crippen molar-refractivity contribution < 1.29 is 0 Å². The zero-order valence-corrected chi connectivity index (χ0v) is 11.5. The maximum Gasteiger partial charge on any atom is 0.272 e. The summed E-state index contributed by atoms with van der Waals surface area (Å²) in [6.45, 7) is 1.90. The number of rotatable bonds is 1. The highest BCUT2D eigenvalue weighted by atomic mass is 16.1. The van der Waals surface area contributed by atoms with Gasteiger partial charge in [-0.3, -0.25) is 9.89 Å². The van der Waals surface area contributed by atoms with Crippen molar-refractivity contribution >= 4 is 21.8 Å². The summed E-state index contributed by atoms with van der Waals surface area (Å²) in [5.41, 5.74) is 4.15. The minimum atomic E-state index is -0.103. The molecule has 4 nitrogen and oxygen atoms in total. The van der Waals surface area contributed by atoms with Crippen molar-refractivity contribution in [3.63, 3.8) is 0 Å². The number of pyridine rings is 1. The Morgan fingerprint density at radius 2 is 1.38 bits per heavy atom. The Hall–Kier alpha value is -2.88. The summed E-state index contributed by atoms with van der Waals surface area (Å²) in [4.78, 5) is 16.9. The van der Waals surface area contributed by atoms with Crippen LogP contribution in [0.25, 0.3) is 32.9 Å². The molecule has 0 amide bonds. The molecular weight excluding hydrogens is 262 g/mol. The van der Waals surface area contributed by atoms with E-state index >= 15 is 0 Å². The van der Waals surface area contributed by atoms with Gasteiger partial charge in [-0.1, -0.05) is 36.4 Å². The Labute approximate surface area is 120 Å². The first-order chi connectivity index (χ1) is 10.3. The Balaban J connectivity index is 2.30. The highest BCUT2D eigenvalue weighted by molar-refractivity contribution is 6.09. The lowest BCUT2D eigenvalue weighted by atomic mass is 9.96. The van der Waals surface area contributed by atoms with E-state index in [-0.39, 0.29) is 5.56 Å². The van der Waals surface area contributed by atoms with Crippen molar-refractivity contribution in [3.8, 4) is 11.1 Å². The van der Waals surface area contributed by atoms with Gasteiger partial charge in [-0.25, -0.2) is 4.98 Å². The van der Waals surface area contributed by atoms with Gasteiger partial charge in [-0.15, -0.1) is 0 Å². The molecule has 4 aromatic rings. The Bertz CT molecular complexity index is 973. The van der Waals surface area contributed by atoms with E-state index in [4.69, 9.17) is 0 Å². The number of hydrogen-bond acceptors (Lipinski definition) is 2. The molecule has 4 rings (SSSR count). The van der Waals surface area contributed by atoms with E-state index in [0.717, 1.165) is 33.1 Å². The summed E-state index contributed by atoms with van der Waals surface area (Å²) in [5.74, 6) is 0. The Morgan fingerprint density at radius 1 is 0.810 bits per heavy atom. The zero-order valence-electron chi connectivity index (χ0n) is 11.5. The molecule has 0 bridgehead atoms. The number of aryl methyl sites for hydroxylation is 1. The van der Waals surface area contributed by atoms with E-state index in [2.05, 4.69) is 15.2 Å². The molecule has 0 spiro atoms. The molecule has 2 heterocycles. The van der Waals surface area contributed by atoms with Gasteiger partial charge in [0, 0.05) is 22.0 Å². The molecule has 0 fully saturated rings. The number of hydrogen-bond donors (Lipinski definition) is 2. The molecule has 2 aromatic carbocycles. The lowest BCUT2D eigenvalue weighted by Gasteiger charge is -2.09. The van der Waals surface area contributed by atoms with Gasteiger partial charge in [0.1, 0.15) is 0 Å². The van der Waals surface area contributed by atoms with E-state index in [1.54, 1.807) is 0 Å². The van der Waals surface area contributed by atoms with Crippen molar-refractivity contribution in [1.29, 1.82) is 0 Å². The van der Waals surface area contributed by atoms with Gasteiger partial charge in [0.15, 0.2) is 0 Å². The predicted octanol–water partition coefficient (Wildman–Crippen LogP) is 3.38. The van der Waals surface area contributed by atoms with Crippen LogP contribution in [0.2, 0.25) is 0 Å². The smallest absolute Gasteiger partial charge is 0.272 e. The van der Waals surface area contributed by atoms with Crippen molar-refractivity contribution in [2.24, 2.45) is 0 Å². The number of nitrogens with zero attached hydrogens (tertiary/aromatic N) is 1. The predicted molar refractivity (Wildman–Crippen MR) is 84.4 cm³/mol. The van der Waals surface area contributed by atoms with Crippen LogP contribution in [0, 0.1) is 6.92 Å². The summed E-state index contributed by atoms with van der Waals surface area (Å²) >= 11 is 0. The minimum Gasteiger partial charge on any atom is -0.302 e. The molecule has 21 heavy (non-hydrogen) atoms. The van der Waals surface area contributed by atoms with Crippen molar-refractivity contribution in [3.05, 3.63) is 64.6 Å². The highest BCUT2D eigenvalue weighted by Gasteiger charge is 2.16. The first-order valence-electron chi connectivity index (χ1n) is 6.81. The number of fused-ring (bicyclic) bond motifs is 2. The van der Waals surface area contributed by atoms with Crippen LogP contribution < -0.4 is 5.56 Å². The average Bonchev–Trinajstić information content (AvgIpc) is 2.84. The third kappa shape index (κ3) is 1.69. The second-order valence-corrected chi connectivity index (χ2v) is 5.10. The second-order valence-electron chi connectivity index (χ2n) is 5.10. The largest absolute Gasteiger partial charge is 0.302 e. The van der Waals surface area contributed by atoms with Crippen LogP contribution in [0.4, 0.5) is 0 Å². The summed E-state index contributed by atoms with van der Waals surface area (Å²) in [6, 6.07) is 15.8. The average molecular weight is 275 g/mol. The van der Waals surface area contributed by atoms with Gasteiger partial charge in [0.05, 0.1) is 16.6 Å². The molecule has 2 aromatic heterocycles. The fourth-order valence-electron chi connectivity index (χ4n) is 2.86. The van der Waals surface area contributed by atoms with Crippen LogP contribution in [0.5, 0.6) is 0 Å². The van der Waals surface area contributed by atoms with E-state index in [1.165, 1.54) is 0 Å². The quantitative estimate of drug-likeness (QED) is 0.523. The van der Waals surface area contributed by atoms with Crippen LogP contribution in [0.1, 0.15) is 5.69 Å². The molecule has 0 aliphatic heterocycles. The highest BCUT2D eigenvalue weighted by Crippen LogP contribution is 2.33. The molecule has 102 valence electrons. The number of benzene rings is 2. The van der Waals surface area contributed by atoms with Gasteiger partial charge in [-0.05, 0) is 19.1 Å². The number of nitrogens with one attached hydrogen (secondary N) is 2. The lowest BCUT2D eigenvalue weighted by molar-refractivity contribution is 1.02. The molecule has 4 heteroatoms. The van der Waals surface area contributed by atoms with Crippen molar-refractivity contribution in [1.82, 2.24) is 15.2 Å². The number of aromatic amines is 2. The number of para-hydroxylation sites is 2. The van der Waals surface area contributed by atoms with Gasteiger partial charge >= 0.3 is 0 Å². The van der Waals surface area contributed by atoms with E-state index in [9.17, 15) is 4.79 Å². The molecule has 0 aliphatic carbocycles. The molecule has 0 atom stereocenters. The lowest BCUT2D eigenvalue weighted by Crippen LogP contribution is -2.03. The van der Waals surface area contributed by atoms with Crippen LogP contribution in [-0.2, 0) is 0 Å². The third-order valence-electron chi connectivity index (χ3n) is 3.80.